The number of hydrogen-bond acceptors (Lipinski definition) is 1. The molecule has 0 bridgehead atoms. The van der Waals surface area contributed by atoms with Crippen molar-refractivity contribution >= 4 is 28.5 Å². The van der Waals surface area contributed by atoms with E-state index in [-0.39, 0.29) is 0 Å². The summed E-state index contributed by atoms with van der Waals surface area (Å²) in [5.41, 5.74) is 3.83. The van der Waals surface area contributed by atoms with Crippen LogP contribution in [0.4, 0.5) is 0 Å². The van der Waals surface area contributed by atoms with E-state index < -0.39 is 7.26 Å². The summed E-state index contributed by atoms with van der Waals surface area (Å²) in [7, 11) is -0.331. The van der Waals surface area contributed by atoms with E-state index in [2.05, 4.69) is 118 Å². The Labute approximate surface area is 180 Å². The normalized spacial score (nSPS) is 11.3. The molecule has 4 rings (SSSR count). The van der Waals surface area contributed by atoms with E-state index in [9.17, 15) is 0 Å². The molecule has 150 valence electrons. The van der Waals surface area contributed by atoms with Crippen LogP contribution in [0.1, 0.15) is 16.7 Å². The topological polar surface area (TPSA) is 9.23 Å². The second kappa shape index (κ2) is 8.46. The summed E-state index contributed by atoms with van der Waals surface area (Å²) in [6.45, 7) is 6.44. The number of benzene rings is 4. The van der Waals surface area contributed by atoms with Crippen molar-refractivity contribution in [2.24, 2.45) is 0 Å². The average Bonchev–Trinajstić information content (AvgIpc) is 2.78. The molecule has 0 unspecified atom stereocenters. The first-order valence-electron chi connectivity index (χ1n) is 10.3. The molecule has 0 spiro atoms. The molecule has 0 radical (unpaired) electrons. The highest BCUT2D eigenvalue weighted by molar-refractivity contribution is 8.01. The van der Waals surface area contributed by atoms with Gasteiger partial charge in [0, 0.05) is 0 Å². The Bertz CT molecular complexity index is 998. The van der Waals surface area contributed by atoms with E-state index in [1.165, 1.54) is 37.9 Å². The Kier molecular flexibility index (Phi) is 5.75. The molecule has 4 aromatic rings. The van der Waals surface area contributed by atoms with E-state index in [0.717, 1.165) is 5.75 Å². The van der Waals surface area contributed by atoms with E-state index in [1.807, 2.05) is 0 Å². The molecule has 0 aliphatic carbocycles. The van der Waals surface area contributed by atoms with Crippen LogP contribution < -0.4 is 26.0 Å². The fraction of sp³-hybridized carbons (Fsp3) is 0.143. The molecule has 0 aliphatic rings. The molecule has 0 aromatic heterocycles. The van der Waals surface area contributed by atoms with Crippen LogP contribution in [-0.2, 0) is 0 Å². The zero-order valence-corrected chi connectivity index (χ0v) is 19.0. The predicted molar refractivity (Wildman–Crippen MR) is 132 cm³/mol. The number of rotatable bonds is 5. The van der Waals surface area contributed by atoms with Gasteiger partial charge in [-0.25, -0.2) is 0 Å². The van der Waals surface area contributed by atoms with Crippen molar-refractivity contribution < 1.29 is 4.74 Å². The maximum absolute atomic E-state index is 5.46. The SMILES string of the molecule is COc1ccc([P+](c2ccc(C)cc2)(c2ccc(C)cc2)c2ccc(C)cc2)cc1. The lowest BCUT2D eigenvalue weighted by atomic mass is 10.2. The molecule has 0 heterocycles. The van der Waals surface area contributed by atoms with Crippen molar-refractivity contribution in [2.75, 3.05) is 7.11 Å². The van der Waals surface area contributed by atoms with Crippen molar-refractivity contribution in [1.29, 1.82) is 0 Å². The van der Waals surface area contributed by atoms with Gasteiger partial charge in [-0.05, 0) is 81.4 Å². The van der Waals surface area contributed by atoms with E-state index in [1.54, 1.807) is 7.11 Å². The largest absolute Gasteiger partial charge is 0.497 e. The van der Waals surface area contributed by atoms with Crippen LogP contribution in [0.2, 0.25) is 0 Å². The van der Waals surface area contributed by atoms with Gasteiger partial charge in [-0.15, -0.1) is 0 Å². The fourth-order valence-electron chi connectivity index (χ4n) is 4.01. The Balaban J connectivity index is 2.09. The van der Waals surface area contributed by atoms with E-state index >= 15 is 0 Å². The standard InChI is InChI=1S/C28H28OP/c1-21-5-13-25(14-6-21)30(26-15-7-22(2)8-16-26,27-17-9-23(3)10-18-27)28-19-11-24(29-4)12-20-28/h5-20H,1-4H3/q+1. The van der Waals surface area contributed by atoms with Crippen molar-refractivity contribution in [3.63, 3.8) is 0 Å². The molecule has 0 aliphatic heterocycles. The highest BCUT2D eigenvalue weighted by Crippen LogP contribution is 2.54. The molecule has 4 aromatic carbocycles. The van der Waals surface area contributed by atoms with Gasteiger partial charge in [0.2, 0.25) is 0 Å². The van der Waals surface area contributed by atoms with Gasteiger partial charge in [0.15, 0.2) is 0 Å². The zero-order chi connectivity index (χ0) is 21.1. The zero-order valence-electron chi connectivity index (χ0n) is 18.1. The van der Waals surface area contributed by atoms with Crippen LogP contribution in [0.25, 0.3) is 0 Å². The Morgan fingerprint density at radius 1 is 0.433 bits per heavy atom. The second-order valence-corrected chi connectivity index (χ2v) is 11.3. The fourth-order valence-corrected chi connectivity index (χ4v) is 8.18. The summed E-state index contributed by atoms with van der Waals surface area (Å²) in [5.74, 6) is 0.883. The number of aryl methyl sites for hydroxylation is 3. The molecule has 0 atom stereocenters. The summed E-state index contributed by atoms with van der Waals surface area (Å²) in [5, 5.41) is 5.43. The summed E-state index contributed by atoms with van der Waals surface area (Å²) >= 11 is 0. The number of hydrogen-bond donors (Lipinski definition) is 0. The minimum Gasteiger partial charge on any atom is -0.497 e. The first-order chi connectivity index (χ1) is 14.5. The third kappa shape index (κ3) is 3.66. The van der Waals surface area contributed by atoms with Crippen LogP contribution in [-0.4, -0.2) is 7.11 Å². The van der Waals surface area contributed by atoms with Crippen LogP contribution in [0, 0.1) is 20.8 Å². The van der Waals surface area contributed by atoms with Gasteiger partial charge in [0.05, 0.1) is 7.11 Å². The molecule has 30 heavy (non-hydrogen) atoms. The van der Waals surface area contributed by atoms with Gasteiger partial charge < -0.3 is 4.74 Å². The molecule has 0 amide bonds. The van der Waals surface area contributed by atoms with Gasteiger partial charge in [0.25, 0.3) is 0 Å². The Morgan fingerprint density at radius 2 is 0.700 bits per heavy atom. The van der Waals surface area contributed by atoms with Gasteiger partial charge in [0.1, 0.15) is 34.2 Å². The third-order valence-corrected chi connectivity index (χ3v) is 10.0. The summed E-state index contributed by atoms with van der Waals surface area (Å²) in [6.07, 6.45) is 0. The van der Waals surface area contributed by atoms with Gasteiger partial charge >= 0.3 is 0 Å². The molecule has 1 nitrogen and oxygen atoms in total. The van der Waals surface area contributed by atoms with Crippen LogP contribution in [0.3, 0.4) is 0 Å². The summed E-state index contributed by atoms with van der Waals surface area (Å²) in [6, 6.07) is 35.9. The van der Waals surface area contributed by atoms with Crippen molar-refractivity contribution in [3.05, 3.63) is 114 Å². The van der Waals surface area contributed by atoms with Crippen LogP contribution >= 0.6 is 7.26 Å². The molecule has 0 saturated carbocycles. The third-order valence-electron chi connectivity index (χ3n) is 5.72. The maximum Gasteiger partial charge on any atom is 0.144 e. The maximum atomic E-state index is 5.46. The first-order valence-corrected chi connectivity index (χ1v) is 12.1. The molecular formula is C28H28OP+. The lowest BCUT2D eigenvalue weighted by molar-refractivity contribution is 0.415. The average molecular weight is 412 g/mol. The molecule has 0 fully saturated rings. The smallest absolute Gasteiger partial charge is 0.144 e. The quantitative estimate of drug-likeness (QED) is 0.408. The van der Waals surface area contributed by atoms with Crippen LogP contribution in [0.5, 0.6) is 5.75 Å². The highest BCUT2D eigenvalue weighted by Gasteiger charge is 2.47. The highest BCUT2D eigenvalue weighted by atomic mass is 31.2. The molecule has 0 N–H and O–H groups in total. The van der Waals surface area contributed by atoms with Crippen molar-refractivity contribution in [3.8, 4) is 5.75 Å². The second-order valence-electron chi connectivity index (χ2n) is 7.88. The minimum atomic E-state index is -2.05. The lowest BCUT2D eigenvalue weighted by Gasteiger charge is -2.28. The number of methoxy groups -OCH3 is 1. The van der Waals surface area contributed by atoms with E-state index in [4.69, 9.17) is 4.74 Å². The monoisotopic (exact) mass is 411 g/mol. The summed E-state index contributed by atoms with van der Waals surface area (Å²) < 4.78 is 5.46. The van der Waals surface area contributed by atoms with Gasteiger partial charge in [-0.3, -0.25) is 0 Å². The molecule has 2 heteroatoms. The predicted octanol–water partition coefficient (Wildman–Crippen LogP) is 5.24. The van der Waals surface area contributed by atoms with Gasteiger partial charge in [-0.2, -0.15) is 0 Å². The molecular weight excluding hydrogens is 383 g/mol. The van der Waals surface area contributed by atoms with Crippen molar-refractivity contribution in [1.82, 2.24) is 0 Å². The van der Waals surface area contributed by atoms with Crippen LogP contribution in [0.15, 0.2) is 97.1 Å². The first kappa shape index (κ1) is 20.4. The Morgan fingerprint density at radius 3 is 0.967 bits per heavy atom. The summed E-state index contributed by atoms with van der Waals surface area (Å²) in [4.78, 5) is 0. The lowest BCUT2D eigenvalue weighted by Crippen LogP contribution is -2.38. The number of ether oxygens (including phenoxy) is 1. The molecule has 0 saturated heterocycles. The van der Waals surface area contributed by atoms with Gasteiger partial charge in [-0.1, -0.05) is 53.1 Å². The Hall–Kier alpha value is -2.89. The minimum absolute atomic E-state index is 0.883. The van der Waals surface area contributed by atoms with E-state index in [0.29, 0.717) is 0 Å². The van der Waals surface area contributed by atoms with Crippen molar-refractivity contribution in [2.45, 2.75) is 20.8 Å².